The molecular weight excluding hydrogens is 341 g/mol. The van der Waals surface area contributed by atoms with Crippen LogP contribution < -0.4 is 5.14 Å². The van der Waals surface area contributed by atoms with Crippen molar-refractivity contribution >= 4 is 20.9 Å². The van der Waals surface area contributed by atoms with Crippen LogP contribution in [0.4, 0.5) is 13.2 Å². The third-order valence-corrected chi connectivity index (χ3v) is 4.40. The largest absolute Gasteiger partial charge is 0.433 e. The van der Waals surface area contributed by atoms with Crippen molar-refractivity contribution in [1.82, 2.24) is 4.98 Å². The van der Waals surface area contributed by atoms with Crippen LogP contribution in [-0.2, 0) is 16.2 Å². The first-order chi connectivity index (χ1) is 11.2. The third kappa shape index (κ3) is 3.10. The number of aromatic nitrogens is 1. The fourth-order valence-corrected chi connectivity index (χ4v) is 2.94. The van der Waals surface area contributed by atoms with Gasteiger partial charge in [-0.05, 0) is 23.8 Å². The fraction of sp³-hybridized carbons (Fsp3) is 0.0625. The lowest BCUT2D eigenvalue weighted by molar-refractivity contribution is -0.140. The van der Waals surface area contributed by atoms with Gasteiger partial charge in [-0.2, -0.15) is 13.2 Å². The summed E-state index contributed by atoms with van der Waals surface area (Å²) in [5.74, 6) is 0. The van der Waals surface area contributed by atoms with Crippen molar-refractivity contribution in [1.29, 1.82) is 0 Å². The zero-order chi connectivity index (χ0) is 17.5. The second kappa shape index (κ2) is 5.57. The molecule has 0 saturated heterocycles. The van der Waals surface area contributed by atoms with Crippen LogP contribution in [0.1, 0.15) is 5.69 Å². The number of rotatable bonds is 2. The van der Waals surface area contributed by atoms with Crippen molar-refractivity contribution < 1.29 is 21.6 Å². The van der Waals surface area contributed by atoms with E-state index in [-0.39, 0.29) is 10.4 Å². The summed E-state index contributed by atoms with van der Waals surface area (Å²) in [7, 11) is -3.92. The molecule has 0 aliphatic rings. The first-order valence-corrected chi connectivity index (χ1v) is 8.31. The quantitative estimate of drug-likeness (QED) is 0.766. The Balaban J connectivity index is 2.27. The minimum atomic E-state index is -4.57. The van der Waals surface area contributed by atoms with E-state index in [4.69, 9.17) is 5.14 Å². The summed E-state index contributed by atoms with van der Waals surface area (Å²) in [6.07, 6.45) is -4.57. The molecule has 0 amide bonds. The summed E-state index contributed by atoms with van der Waals surface area (Å²) >= 11 is 0. The van der Waals surface area contributed by atoms with E-state index in [1.807, 2.05) is 0 Å². The van der Waals surface area contributed by atoms with Gasteiger partial charge in [0.2, 0.25) is 10.0 Å². The SMILES string of the molecule is NS(=O)(=O)c1cccc(-c2cccc3ccc(C(F)(F)F)nc23)c1. The average molecular weight is 352 g/mol. The number of benzene rings is 2. The van der Waals surface area contributed by atoms with E-state index in [9.17, 15) is 21.6 Å². The lowest BCUT2D eigenvalue weighted by Gasteiger charge is -2.10. The van der Waals surface area contributed by atoms with Gasteiger partial charge in [-0.25, -0.2) is 18.5 Å². The molecule has 0 spiro atoms. The standard InChI is InChI=1S/C16H11F3N2O2S/c17-16(18,19)14-8-7-10-3-2-6-13(15(10)21-14)11-4-1-5-12(9-11)24(20,22)23/h1-9H,(H2,20,22,23). The van der Waals surface area contributed by atoms with Gasteiger partial charge < -0.3 is 0 Å². The molecule has 1 heterocycles. The smallest absolute Gasteiger partial charge is 0.243 e. The maximum absolute atomic E-state index is 12.9. The molecule has 0 radical (unpaired) electrons. The van der Waals surface area contributed by atoms with Crippen LogP contribution >= 0.6 is 0 Å². The minimum Gasteiger partial charge on any atom is -0.243 e. The van der Waals surface area contributed by atoms with E-state index in [2.05, 4.69) is 4.98 Å². The van der Waals surface area contributed by atoms with Crippen LogP contribution in [0.3, 0.4) is 0 Å². The summed E-state index contributed by atoms with van der Waals surface area (Å²) in [6, 6.07) is 12.8. The van der Waals surface area contributed by atoms with Crippen molar-refractivity contribution in [3.8, 4) is 11.1 Å². The van der Waals surface area contributed by atoms with Gasteiger partial charge in [0.05, 0.1) is 10.4 Å². The molecule has 3 rings (SSSR count). The van der Waals surface area contributed by atoms with Gasteiger partial charge in [-0.3, -0.25) is 0 Å². The lowest BCUT2D eigenvalue weighted by Crippen LogP contribution is -2.12. The predicted octanol–water partition coefficient (Wildman–Crippen LogP) is 3.57. The van der Waals surface area contributed by atoms with Crippen molar-refractivity contribution in [2.24, 2.45) is 5.14 Å². The number of halogens is 3. The monoisotopic (exact) mass is 352 g/mol. The van der Waals surface area contributed by atoms with Crippen LogP contribution in [0, 0.1) is 0 Å². The van der Waals surface area contributed by atoms with E-state index in [1.54, 1.807) is 24.3 Å². The number of nitrogens with two attached hydrogens (primary N) is 1. The number of sulfonamides is 1. The minimum absolute atomic E-state index is 0.121. The molecule has 0 aliphatic carbocycles. The zero-order valence-electron chi connectivity index (χ0n) is 12.1. The zero-order valence-corrected chi connectivity index (χ0v) is 12.9. The summed E-state index contributed by atoms with van der Waals surface area (Å²) in [5.41, 5.74) is -0.0630. The normalized spacial score (nSPS) is 12.5. The van der Waals surface area contributed by atoms with Gasteiger partial charge >= 0.3 is 6.18 Å². The maximum atomic E-state index is 12.9. The molecular formula is C16H11F3N2O2S. The molecule has 1 aromatic heterocycles. The van der Waals surface area contributed by atoms with Crippen LogP contribution in [0.5, 0.6) is 0 Å². The number of fused-ring (bicyclic) bond motifs is 1. The van der Waals surface area contributed by atoms with Crippen LogP contribution in [0.2, 0.25) is 0 Å². The molecule has 2 aromatic carbocycles. The molecule has 0 saturated carbocycles. The van der Waals surface area contributed by atoms with Crippen molar-refractivity contribution in [2.75, 3.05) is 0 Å². The van der Waals surface area contributed by atoms with Gasteiger partial charge in [-0.1, -0.05) is 36.4 Å². The highest BCUT2D eigenvalue weighted by Crippen LogP contribution is 2.33. The third-order valence-electron chi connectivity index (χ3n) is 3.48. The van der Waals surface area contributed by atoms with Gasteiger partial charge in [0, 0.05) is 10.9 Å². The topological polar surface area (TPSA) is 73.1 Å². The van der Waals surface area contributed by atoms with Crippen LogP contribution in [0.15, 0.2) is 59.5 Å². The Kier molecular flexibility index (Phi) is 3.81. The fourth-order valence-electron chi connectivity index (χ4n) is 2.38. The number of pyridine rings is 1. The van der Waals surface area contributed by atoms with Crippen molar-refractivity contribution in [3.63, 3.8) is 0 Å². The van der Waals surface area contributed by atoms with Gasteiger partial charge in [-0.15, -0.1) is 0 Å². The number of alkyl halides is 3. The molecule has 0 atom stereocenters. The first-order valence-electron chi connectivity index (χ1n) is 6.76. The van der Waals surface area contributed by atoms with Crippen molar-refractivity contribution in [2.45, 2.75) is 11.1 Å². The summed E-state index contributed by atoms with van der Waals surface area (Å²) in [6.45, 7) is 0. The Labute approximate surface area is 135 Å². The summed E-state index contributed by atoms with van der Waals surface area (Å²) in [4.78, 5) is 3.59. The highest BCUT2D eigenvalue weighted by molar-refractivity contribution is 7.89. The van der Waals surface area contributed by atoms with E-state index in [1.165, 1.54) is 24.3 Å². The number of para-hydroxylation sites is 1. The molecule has 2 N–H and O–H groups in total. The molecule has 0 bridgehead atoms. The molecule has 8 heteroatoms. The molecule has 124 valence electrons. The first kappa shape index (κ1) is 16.4. The van der Waals surface area contributed by atoms with Gasteiger partial charge in [0.1, 0.15) is 5.69 Å². The Morgan fingerprint density at radius 1 is 0.958 bits per heavy atom. The summed E-state index contributed by atoms with van der Waals surface area (Å²) in [5, 5.41) is 5.62. The van der Waals surface area contributed by atoms with E-state index < -0.39 is 21.9 Å². The van der Waals surface area contributed by atoms with E-state index >= 15 is 0 Å². The highest BCUT2D eigenvalue weighted by Gasteiger charge is 2.32. The number of hydrogen-bond acceptors (Lipinski definition) is 3. The van der Waals surface area contributed by atoms with Crippen molar-refractivity contribution in [3.05, 3.63) is 60.3 Å². The molecule has 3 aromatic rings. The van der Waals surface area contributed by atoms with Crippen LogP contribution in [-0.4, -0.2) is 13.4 Å². The Morgan fingerprint density at radius 3 is 2.33 bits per heavy atom. The Bertz CT molecular complexity index is 1030. The lowest BCUT2D eigenvalue weighted by atomic mass is 10.0. The molecule has 0 unspecified atom stereocenters. The highest BCUT2D eigenvalue weighted by atomic mass is 32.2. The molecule has 24 heavy (non-hydrogen) atoms. The number of hydrogen-bond donors (Lipinski definition) is 1. The molecule has 0 fully saturated rings. The number of primary sulfonamides is 1. The van der Waals surface area contributed by atoms with Gasteiger partial charge in [0.25, 0.3) is 0 Å². The second-order valence-electron chi connectivity index (χ2n) is 5.14. The predicted molar refractivity (Wildman–Crippen MR) is 83.6 cm³/mol. The summed E-state index contributed by atoms with van der Waals surface area (Å²) < 4.78 is 61.7. The van der Waals surface area contributed by atoms with Crippen LogP contribution in [0.25, 0.3) is 22.0 Å². The average Bonchev–Trinajstić information content (AvgIpc) is 2.52. The van der Waals surface area contributed by atoms with Gasteiger partial charge in [0.15, 0.2) is 0 Å². The Morgan fingerprint density at radius 2 is 1.67 bits per heavy atom. The Hall–Kier alpha value is -2.45. The van der Waals surface area contributed by atoms with E-state index in [0.717, 1.165) is 6.07 Å². The second-order valence-corrected chi connectivity index (χ2v) is 6.71. The number of nitrogens with zero attached hydrogens (tertiary/aromatic N) is 1. The molecule has 0 aliphatic heterocycles. The molecule has 4 nitrogen and oxygen atoms in total. The maximum Gasteiger partial charge on any atom is 0.433 e. The van der Waals surface area contributed by atoms with E-state index in [0.29, 0.717) is 16.5 Å².